The van der Waals surface area contributed by atoms with Crippen molar-refractivity contribution >= 4 is 21.8 Å². The van der Waals surface area contributed by atoms with Gasteiger partial charge < -0.3 is 10.2 Å². The van der Waals surface area contributed by atoms with Gasteiger partial charge in [0.25, 0.3) is 5.91 Å². The molecule has 1 fully saturated rings. The summed E-state index contributed by atoms with van der Waals surface area (Å²) in [5, 5.41) is 2.93. The van der Waals surface area contributed by atoms with Gasteiger partial charge in [-0.1, -0.05) is 6.92 Å². The fourth-order valence-electron chi connectivity index (χ4n) is 3.37. The van der Waals surface area contributed by atoms with Gasteiger partial charge in [0.15, 0.2) is 0 Å². The monoisotopic (exact) mass is 438 g/mol. The zero-order valence-corrected chi connectivity index (χ0v) is 19.2. The number of carbonyl (C=O) groups is 2. The Morgan fingerprint density at radius 1 is 1.03 bits per heavy atom. The molecule has 0 saturated carbocycles. The predicted octanol–water partition coefficient (Wildman–Crippen LogP) is 1.39. The fourth-order valence-corrected chi connectivity index (χ4v) is 4.79. The molecule has 0 aliphatic carbocycles. The van der Waals surface area contributed by atoms with Gasteiger partial charge in [-0.25, -0.2) is 8.42 Å². The number of nitrogens with zero attached hydrogens (tertiary/aromatic N) is 3. The van der Waals surface area contributed by atoms with Gasteiger partial charge >= 0.3 is 0 Å². The second-order valence-corrected chi connectivity index (χ2v) is 9.50. The average molecular weight is 439 g/mol. The summed E-state index contributed by atoms with van der Waals surface area (Å²) in [7, 11) is -3.63. The lowest BCUT2D eigenvalue weighted by Crippen LogP contribution is -2.51. The lowest BCUT2D eigenvalue weighted by atomic mass is 10.2. The van der Waals surface area contributed by atoms with Crippen molar-refractivity contribution in [1.82, 2.24) is 19.4 Å². The third kappa shape index (κ3) is 6.02. The van der Waals surface area contributed by atoms with Crippen LogP contribution in [-0.4, -0.2) is 86.2 Å². The van der Waals surface area contributed by atoms with E-state index >= 15 is 0 Å². The molecule has 2 amide bonds. The van der Waals surface area contributed by atoms with Crippen molar-refractivity contribution in [3.8, 4) is 0 Å². The minimum absolute atomic E-state index is 0.0332. The Kier molecular flexibility index (Phi) is 8.81. The van der Waals surface area contributed by atoms with Gasteiger partial charge in [-0.15, -0.1) is 0 Å². The van der Waals surface area contributed by atoms with Crippen LogP contribution in [0.5, 0.6) is 0 Å². The predicted molar refractivity (Wildman–Crippen MR) is 117 cm³/mol. The van der Waals surface area contributed by atoms with Gasteiger partial charge in [-0.05, 0) is 51.5 Å². The molecule has 1 aliphatic rings. The van der Waals surface area contributed by atoms with Crippen LogP contribution in [0.25, 0.3) is 0 Å². The second-order valence-electron chi connectivity index (χ2n) is 7.56. The van der Waals surface area contributed by atoms with E-state index in [4.69, 9.17) is 0 Å². The highest BCUT2D eigenvalue weighted by molar-refractivity contribution is 7.89. The minimum Gasteiger partial charge on any atom is -0.353 e. The number of piperazine rings is 1. The minimum atomic E-state index is -3.63. The van der Waals surface area contributed by atoms with Crippen LogP contribution in [0.3, 0.4) is 0 Å². The van der Waals surface area contributed by atoms with Gasteiger partial charge in [0.2, 0.25) is 15.9 Å². The highest BCUT2D eigenvalue weighted by atomic mass is 32.2. The molecular formula is C21H34N4O4S. The molecule has 1 atom stereocenters. The molecule has 0 bridgehead atoms. The standard InChI is InChI=1S/C21H34N4O4S/c1-5-17(4)22-20(26)16-23-12-14-25(15-13-23)30(28,29)19-10-8-18(9-11-19)21(27)24(6-2)7-3/h8-11,17H,5-7,12-16H2,1-4H3,(H,22,26). The Hall–Kier alpha value is -1.97. The fraction of sp³-hybridized carbons (Fsp3) is 0.619. The van der Waals surface area contributed by atoms with Crippen LogP contribution >= 0.6 is 0 Å². The first-order valence-electron chi connectivity index (χ1n) is 10.6. The lowest BCUT2D eigenvalue weighted by molar-refractivity contribution is -0.123. The molecule has 9 heteroatoms. The number of sulfonamides is 1. The van der Waals surface area contributed by atoms with Crippen LogP contribution in [0.1, 0.15) is 44.5 Å². The smallest absolute Gasteiger partial charge is 0.253 e. The van der Waals surface area contributed by atoms with Crippen molar-refractivity contribution in [3.63, 3.8) is 0 Å². The average Bonchev–Trinajstić information content (AvgIpc) is 2.74. The van der Waals surface area contributed by atoms with Gasteiger partial charge in [0, 0.05) is 50.9 Å². The SMILES string of the molecule is CCC(C)NC(=O)CN1CCN(S(=O)(=O)c2ccc(C(=O)N(CC)CC)cc2)CC1. The molecule has 2 rings (SSSR count). The van der Waals surface area contributed by atoms with Crippen LogP contribution in [0.15, 0.2) is 29.2 Å². The van der Waals surface area contributed by atoms with E-state index in [0.717, 1.165) is 6.42 Å². The zero-order valence-electron chi connectivity index (χ0n) is 18.4. The van der Waals surface area contributed by atoms with E-state index < -0.39 is 10.0 Å². The topological polar surface area (TPSA) is 90.0 Å². The molecule has 0 spiro atoms. The number of amides is 2. The van der Waals surface area contributed by atoms with E-state index in [9.17, 15) is 18.0 Å². The molecule has 1 unspecified atom stereocenters. The quantitative estimate of drug-likeness (QED) is 0.629. The van der Waals surface area contributed by atoms with E-state index in [2.05, 4.69) is 5.32 Å². The summed E-state index contributed by atoms with van der Waals surface area (Å²) in [4.78, 5) is 28.3. The normalized spacial score (nSPS) is 16.8. The summed E-state index contributed by atoms with van der Waals surface area (Å²) >= 11 is 0. The van der Waals surface area contributed by atoms with E-state index in [1.807, 2.05) is 32.6 Å². The molecular weight excluding hydrogens is 404 g/mol. The first kappa shape index (κ1) is 24.3. The van der Waals surface area contributed by atoms with Gasteiger partial charge in [0.1, 0.15) is 0 Å². The zero-order chi connectivity index (χ0) is 22.3. The molecule has 1 heterocycles. The molecule has 168 valence electrons. The molecule has 1 N–H and O–H groups in total. The van der Waals surface area contributed by atoms with E-state index in [-0.39, 0.29) is 29.3 Å². The van der Waals surface area contributed by atoms with Gasteiger partial charge in [-0.2, -0.15) is 4.31 Å². The Bertz CT molecular complexity index is 814. The Labute approximate surface area is 180 Å². The van der Waals surface area contributed by atoms with E-state index in [0.29, 0.717) is 44.8 Å². The van der Waals surface area contributed by atoms with Crippen molar-refractivity contribution in [2.24, 2.45) is 0 Å². The highest BCUT2D eigenvalue weighted by Gasteiger charge is 2.29. The summed E-state index contributed by atoms with van der Waals surface area (Å²) in [5.41, 5.74) is 0.481. The number of carbonyl (C=O) groups excluding carboxylic acids is 2. The number of rotatable bonds is 9. The Balaban J connectivity index is 1.97. The van der Waals surface area contributed by atoms with E-state index in [1.54, 1.807) is 17.0 Å². The maximum absolute atomic E-state index is 13.0. The van der Waals surface area contributed by atoms with Crippen LogP contribution < -0.4 is 5.32 Å². The summed E-state index contributed by atoms with van der Waals surface area (Å²) in [6.07, 6.45) is 0.872. The van der Waals surface area contributed by atoms with E-state index in [1.165, 1.54) is 16.4 Å². The van der Waals surface area contributed by atoms with Gasteiger partial charge in [0.05, 0.1) is 11.4 Å². The summed E-state index contributed by atoms with van der Waals surface area (Å²) in [6, 6.07) is 6.28. The number of hydrogen-bond donors (Lipinski definition) is 1. The maximum Gasteiger partial charge on any atom is 0.253 e. The van der Waals surface area contributed by atoms with Crippen molar-refractivity contribution in [2.45, 2.75) is 45.1 Å². The largest absolute Gasteiger partial charge is 0.353 e. The summed E-state index contributed by atoms with van der Waals surface area (Å²) in [5.74, 6) is -0.137. The first-order chi connectivity index (χ1) is 14.2. The summed E-state index contributed by atoms with van der Waals surface area (Å²) < 4.78 is 27.4. The Morgan fingerprint density at radius 2 is 1.60 bits per heavy atom. The first-order valence-corrected chi connectivity index (χ1v) is 12.1. The van der Waals surface area contributed by atoms with Crippen LogP contribution in [0.4, 0.5) is 0 Å². The molecule has 8 nitrogen and oxygen atoms in total. The molecule has 1 saturated heterocycles. The molecule has 0 aromatic heterocycles. The van der Waals surface area contributed by atoms with Crippen molar-refractivity contribution in [3.05, 3.63) is 29.8 Å². The second kappa shape index (κ2) is 10.9. The lowest BCUT2D eigenvalue weighted by Gasteiger charge is -2.33. The van der Waals surface area contributed by atoms with Crippen molar-refractivity contribution in [2.75, 3.05) is 45.8 Å². The number of benzene rings is 1. The third-order valence-electron chi connectivity index (χ3n) is 5.51. The van der Waals surface area contributed by atoms with Gasteiger partial charge in [-0.3, -0.25) is 14.5 Å². The molecule has 1 aliphatic heterocycles. The third-order valence-corrected chi connectivity index (χ3v) is 7.42. The summed E-state index contributed by atoms with van der Waals surface area (Å²) in [6.45, 7) is 11.0. The molecule has 1 aromatic carbocycles. The van der Waals surface area contributed by atoms with Crippen molar-refractivity contribution < 1.29 is 18.0 Å². The van der Waals surface area contributed by atoms with Crippen molar-refractivity contribution in [1.29, 1.82) is 0 Å². The maximum atomic E-state index is 13.0. The Morgan fingerprint density at radius 3 is 2.10 bits per heavy atom. The van der Waals surface area contributed by atoms with Crippen LogP contribution in [-0.2, 0) is 14.8 Å². The number of hydrogen-bond acceptors (Lipinski definition) is 5. The van der Waals surface area contributed by atoms with Crippen LogP contribution in [0.2, 0.25) is 0 Å². The molecule has 30 heavy (non-hydrogen) atoms. The molecule has 0 radical (unpaired) electrons. The number of nitrogens with one attached hydrogen (secondary N) is 1. The molecule has 1 aromatic rings. The van der Waals surface area contributed by atoms with Crippen LogP contribution in [0, 0.1) is 0 Å². The highest BCUT2D eigenvalue weighted by Crippen LogP contribution is 2.19.